The summed E-state index contributed by atoms with van der Waals surface area (Å²) in [5, 5.41) is 7.18. The summed E-state index contributed by atoms with van der Waals surface area (Å²) in [7, 11) is 0. The van der Waals surface area contributed by atoms with Gasteiger partial charge in [-0.2, -0.15) is 0 Å². The van der Waals surface area contributed by atoms with Crippen molar-refractivity contribution in [1.82, 2.24) is 15.1 Å². The minimum Gasteiger partial charge on any atom is -0.335 e. The maximum absolute atomic E-state index is 13.2. The smallest absolute Gasteiger partial charge is 0.259 e. The van der Waals surface area contributed by atoms with Gasteiger partial charge in [0, 0.05) is 11.8 Å². The van der Waals surface area contributed by atoms with Crippen molar-refractivity contribution < 1.29 is 13.7 Å². The number of nitrogens with zero attached hydrogens (tertiary/aromatic N) is 3. The van der Waals surface area contributed by atoms with E-state index in [0.717, 1.165) is 0 Å². The zero-order valence-corrected chi connectivity index (χ0v) is 13.7. The predicted molar refractivity (Wildman–Crippen MR) is 94.1 cm³/mol. The van der Waals surface area contributed by atoms with E-state index in [9.17, 15) is 9.18 Å². The number of benzene rings is 1. The van der Waals surface area contributed by atoms with Crippen LogP contribution >= 0.6 is 0 Å². The highest BCUT2D eigenvalue weighted by molar-refractivity contribution is 6.12. The van der Waals surface area contributed by atoms with Gasteiger partial charge in [-0.15, -0.1) is 0 Å². The van der Waals surface area contributed by atoms with E-state index >= 15 is 0 Å². The minimum atomic E-state index is -0.356. The number of carbonyl (C=O) groups excluding carboxylic acids is 1. The summed E-state index contributed by atoms with van der Waals surface area (Å²) in [5.74, 6) is -0.274. The number of fused-ring (bicyclic) bond motifs is 1. The number of nitrogens with one attached hydrogen (secondary N) is 1. The monoisotopic (exact) mass is 348 g/mol. The van der Waals surface area contributed by atoms with Crippen molar-refractivity contribution in [3.8, 4) is 11.3 Å². The van der Waals surface area contributed by atoms with Crippen LogP contribution in [0.5, 0.6) is 0 Å². The average Bonchev–Trinajstić information content (AvgIpc) is 3.03. The Morgan fingerprint density at radius 3 is 2.69 bits per heavy atom. The molecule has 0 unspecified atom stereocenters. The largest absolute Gasteiger partial charge is 0.335 e. The number of carbonyl (C=O) groups is 1. The van der Waals surface area contributed by atoms with E-state index in [-0.39, 0.29) is 17.4 Å². The Morgan fingerprint density at radius 1 is 1.15 bits per heavy atom. The Morgan fingerprint density at radius 2 is 1.96 bits per heavy atom. The summed E-state index contributed by atoms with van der Waals surface area (Å²) in [4.78, 5) is 21.3. The summed E-state index contributed by atoms with van der Waals surface area (Å²) < 4.78 is 18.4. The van der Waals surface area contributed by atoms with Crippen LogP contribution in [-0.2, 0) is 0 Å². The summed E-state index contributed by atoms with van der Waals surface area (Å²) in [5.41, 5.74) is 2.31. The van der Waals surface area contributed by atoms with Crippen LogP contribution in [0.1, 0.15) is 16.1 Å². The van der Waals surface area contributed by atoms with Gasteiger partial charge in [0.25, 0.3) is 11.6 Å². The molecule has 0 saturated heterocycles. The lowest BCUT2D eigenvalue weighted by atomic mass is 10.1. The van der Waals surface area contributed by atoms with Gasteiger partial charge in [0.1, 0.15) is 11.6 Å². The van der Waals surface area contributed by atoms with Crippen molar-refractivity contribution in [3.05, 3.63) is 71.8 Å². The fourth-order valence-corrected chi connectivity index (χ4v) is 2.66. The third kappa shape index (κ3) is 2.90. The molecule has 4 rings (SSSR count). The molecule has 0 radical (unpaired) electrons. The van der Waals surface area contributed by atoms with E-state index in [1.807, 2.05) is 0 Å². The first-order valence-electron chi connectivity index (χ1n) is 7.87. The van der Waals surface area contributed by atoms with E-state index < -0.39 is 0 Å². The predicted octanol–water partition coefficient (Wildman–Crippen LogP) is 3.98. The molecule has 3 aromatic heterocycles. The Hall–Kier alpha value is -3.61. The molecule has 0 aliphatic rings. The highest BCUT2D eigenvalue weighted by Crippen LogP contribution is 2.27. The SMILES string of the molecule is Cc1noc2nc(-c3ccc(F)cc3)cc(C(=O)Nc3ccccn3)c12. The van der Waals surface area contributed by atoms with Crippen molar-refractivity contribution in [2.75, 3.05) is 5.32 Å². The van der Waals surface area contributed by atoms with Gasteiger partial charge in [-0.1, -0.05) is 11.2 Å². The third-order valence-electron chi connectivity index (χ3n) is 3.91. The molecule has 0 spiro atoms. The highest BCUT2D eigenvalue weighted by Gasteiger charge is 2.19. The normalized spacial score (nSPS) is 10.8. The van der Waals surface area contributed by atoms with E-state index in [2.05, 4.69) is 20.4 Å². The van der Waals surface area contributed by atoms with Crippen LogP contribution in [0.25, 0.3) is 22.4 Å². The molecule has 4 aromatic rings. The molecule has 3 heterocycles. The molecular weight excluding hydrogens is 335 g/mol. The number of amides is 1. The van der Waals surface area contributed by atoms with Crippen molar-refractivity contribution in [2.45, 2.75) is 6.92 Å². The van der Waals surface area contributed by atoms with E-state index in [4.69, 9.17) is 4.52 Å². The van der Waals surface area contributed by atoms with Gasteiger partial charge in [-0.05, 0) is 49.4 Å². The van der Waals surface area contributed by atoms with Crippen LogP contribution in [0.2, 0.25) is 0 Å². The lowest BCUT2D eigenvalue weighted by Gasteiger charge is -2.08. The van der Waals surface area contributed by atoms with Gasteiger partial charge < -0.3 is 9.84 Å². The van der Waals surface area contributed by atoms with Crippen LogP contribution in [-0.4, -0.2) is 21.0 Å². The number of halogens is 1. The molecule has 1 amide bonds. The molecule has 0 saturated carbocycles. The molecule has 0 bridgehead atoms. The summed E-state index contributed by atoms with van der Waals surface area (Å²) in [6.07, 6.45) is 1.59. The summed E-state index contributed by atoms with van der Waals surface area (Å²) in [6, 6.07) is 12.7. The van der Waals surface area contributed by atoms with Crippen molar-refractivity contribution in [2.24, 2.45) is 0 Å². The third-order valence-corrected chi connectivity index (χ3v) is 3.91. The fourth-order valence-electron chi connectivity index (χ4n) is 2.66. The molecule has 6 nitrogen and oxygen atoms in total. The zero-order valence-electron chi connectivity index (χ0n) is 13.7. The number of hydrogen-bond acceptors (Lipinski definition) is 5. The molecule has 0 fully saturated rings. The van der Waals surface area contributed by atoms with Crippen LogP contribution in [0, 0.1) is 12.7 Å². The number of anilines is 1. The van der Waals surface area contributed by atoms with Crippen LogP contribution in [0.3, 0.4) is 0 Å². The van der Waals surface area contributed by atoms with Gasteiger partial charge in [0.05, 0.1) is 22.3 Å². The molecule has 0 aliphatic carbocycles. The van der Waals surface area contributed by atoms with E-state index in [1.165, 1.54) is 12.1 Å². The van der Waals surface area contributed by atoms with E-state index in [0.29, 0.717) is 33.7 Å². The summed E-state index contributed by atoms with van der Waals surface area (Å²) >= 11 is 0. The molecule has 0 aliphatic heterocycles. The Labute approximate surface area is 147 Å². The number of pyridine rings is 2. The second kappa shape index (κ2) is 6.36. The molecule has 128 valence electrons. The lowest BCUT2D eigenvalue weighted by Crippen LogP contribution is -2.14. The maximum atomic E-state index is 13.2. The Balaban J connectivity index is 1.82. The van der Waals surface area contributed by atoms with Gasteiger partial charge in [-0.25, -0.2) is 14.4 Å². The van der Waals surface area contributed by atoms with Crippen molar-refractivity contribution in [3.63, 3.8) is 0 Å². The standard InChI is InChI=1S/C19H13FN4O2/c1-11-17-14(18(25)23-16-4-2-3-9-21-16)10-15(22-19(17)26-24-11)12-5-7-13(20)8-6-12/h2-10H,1H3,(H,21,23,25). The highest BCUT2D eigenvalue weighted by atomic mass is 19.1. The second-order valence-electron chi connectivity index (χ2n) is 5.68. The van der Waals surface area contributed by atoms with Gasteiger partial charge in [0.2, 0.25) is 0 Å². The molecule has 1 aromatic carbocycles. The first-order valence-corrected chi connectivity index (χ1v) is 7.87. The first-order chi connectivity index (χ1) is 12.6. The molecule has 0 atom stereocenters. The van der Waals surface area contributed by atoms with Crippen molar-refractivity contribution in [1.29, 1.82) is 0 Å². The van der Waals surface area contributed by atoms with Crippen LogP contribution < -0.4 is 5.32 Å². The first kappa shape index (κ1) is 15.9. The Kier molecular flexibility index (Phi) is 3.89. The zero-order chi connectivity index (χ0) is 18.1. The van der Waals surface area contributed by atoms with Gasteiger partial charge in [-0.3, -0.25) is 4.79 Å². The molecule has 1 N–H and O–H groups in total. The van der Waals surface area contributed by atoms with Gasteiger partial charge >= 0.3 is 0 Å². The van der Waals surface area contributed by atoms with Crippen LogP contribution in [0.15, 0.2) is 59.3 Å². The molecule has 26 heavy (non-hydrogen) atoms. The number of aromatic nitrogens is 3. The number of aryl methyl sites for hydroxylation is 1. The molecule has 7 heteroatoms. The fraction of sp³-hybridized carbons (Fsp3) is 0.0526. The molecular formula is C19H13FN4O2. The average molecular weight is 348 g/mol. The quantitative estimate of drug-likeness (QED) is 0.605. The Bertz CT molecular complexity index is 1090. The van der Waals surface area contributed by atoms with Gasteiger partial charge in [0.15, 0.2) is 0 Å². The lowest BCUT2D eigenvalue weighted by molar-refractivity contribution is 0.102. The van der Waals surface area contributed by atoms with Crippen LogP contribution in [0.4, 0.5) is 10.2 Å². The second-order valence-corrected chi connectivity index (χ2v) is 5.68. The summed E-state index contributed by atoms with van der Waals surface area (Å²) in [6.45, 7) is 1.74. The van der Waals surface area contributed by atoms with Crippen molar-refractivity contribution >= 4 is 22.8 Å². The van der Waals surface area contributed by atoms with E-state index in [1.54, 1.807) is 49.5 Å². The maximum Gasteiger partial charge on any atom is 0.259 e. The minimum absolute atomic E-state index is 0.246. The number of rotatable bonds is 3. The number of hydrogen-bond donors (Lipinski definition) is 1. The topological polar surface area (TPSA) is 80.9 Å².